The van der Waals surface area contributed by atoms with Gasteiger partial charge in [-0.2, -0.15) is 0 Å². The summed E-state index contributed by atoms with van der Waals surface area (Å²) in [7, 11) is 2.00. The Morgan fingerprint density at radius 1 is 1.64 bits per heavy atom. The van der Waals surface area contributed by atoms with Crippen molar-refractivity contribution < 1.29 is 5.11 Å². The Morgan fingerprint density at radius 2 is 2.50 bits per heavy atom. The highest BCUT2D eigenvalue weighted by Crippen LogP contribution is 2.20. The second-order valence-corrected chi connectivity index (χ2v) is 3.92. The molecule has 3 nitrogen and oxygen atoms in total. The van der Waals surface area contributed by atoms with E-state index in [-0.39, 0.29) is 6.10 Å². The molecule has 0 aromatic carbocycles. The molecule has 0 spiro atoms. The normalized spacial score (nSPS) is 22.1. The molecule has 0 saturated heterocycles. The van der Waals surface area contributed by atoms with Crippen molar-refractivity contribution in [1.29, 1.82) is 0 Å². The summed E-state index contributed by atoms with van der Waals surface area (Å²) >= 11 is 0. The Morgan fingerprint density at radius 3 is 3.14 bits per heavy atom. The molecule has 1 aliphatic carbocycles. The van der Waals surface area contributed by atoms with E-state index in [0.29, 0.717) is 0 Å². The zero-order valence-corrected chi connectivity index (χ0v) is 8.48. The van der Waals surface area contributed by atoms with Crippen LogP contribution >= 0.6 is 0 Å². The number of aromatic nitrogens is 2. The van der Waals surface area contributed by atoms with Crippen molar-refractivity contribution in [2.45, 2.75) is 31.8 Å². The topological polar surface area (TPSA) is 38.0 Å². The quantitative estimate of drug-likeness (QED) is 0.720. The van der Waals surface area contributed by atoms with E-state index in [1.54, 1.807) is 0 Å². The number of hydrogen-bond donors (Lipinski definition) is 1. The maximum atomic E-state index is 9.47. The molecule has 1 aromatic heterocycles. The number of imidazole rings is 1. The van der Waals surface area contributed by atoms with Gasteiger partial charge in [-0.15, -0.1) is 0 Å². The highest BCUT2D eigenvalue weighted by atomic mass is 16.3. The van der Waals surface area contributed by atoms with Crippen LogP contribution in [0, 0.1) is 0 Å². The van der Waals surface area contributed by atoms with Gasteiger partial charge >= 0.3 is 0 Å². The van der Waals surface area contributed by atoms with E-state index in [2.05, 4.69) is 4.98 Å². The van der Waals surface area contributed by atoms with E-state index in [1.807, 2.05) is 30.1 Å². The van der Waals surface area contributed by atoms with Gasteiger partial charge in [0.1, 0.15) is 5.82 Å². The average Bonchev–Trinajstić information content (AvgIpc) is 2.52. The molecule has 0 amide bonds. The van der Waals surface area contributed by atoms with Gasteiger partial charge in [-0.05, 0) is 19.3 Å². The maximum Gasteiger partial charge on any atom is 0.112 e. The van der Waals surface area contributed by atoms with Gasteiger partial charge in [-0.1, -0.05) is 11.6 Å². The molecule has 76 valence electrons. The van der Waals surface area contributed by atoms with E-state index in [1.165, 1.54) is 5.57 Å². The van der Waals surface area contributed by atoms with Gasteiger partial charge in [0.2, 0.25) is 0 Å². The molecule has 1 N–H and O–H groups in total. The third-order valence-corrected chi connectivity index (χ3v) is 2.73. The van der Waals surface area contributed by atoms with E-state index >= 15 is 0 Å². The lowest BCUT2D eigenvalue weighted by Crippen LogP contribution is -2.11. The smallest absolute Gasteiger partial charge is 0.112 e. The van der Waals surface area contributed by atoms with Crippen LogP contribution in [0.3, 0.4) is 0 Å². The van der Waals surface area contributed by atoms with Gasteiger partial charge in [-0.25, -0.2) is 4.98 Å². The van der Waals surface area contributed by atoms with Gasteiger partial charge in [-0.3, -0.25) is 0 Å². The Balaban J connectivity index is 2.07. The average molecular weight is 192 g/mol. The summed E-state index contributed by atoms with van der Waals surface area (Å²) in [5, 5.41) is 9.47. The fourth-order valence-corrected chi connectivity index (χ4v) is 1.89. The Kier molecular flexibility index (Phi) is 2.68. The lowest BCUT2D eigenvalue weighted by Gasteiger charge is -2.16. The second-order valence-electron chi connectivity index (χ2n) is 3.92. The molecule has 0 saturated carbocycles. The molecule has 0 fully saturated rings. The number of hydrogen-bond acceptors (Lipinski definition) is 2. The van der Waals surface area contributed by atoms with Crippen molar-refractivity contribution in [2.75, 3.05) is 0 Å². The van der Waals surface area contributed by atoms with Crippen LogP contribution in [0.4, 0.5) is 0 Å². The predicted molar refractivity (Wildman–Crippen MR) is 54.9 cm³/mol. The van der Waals surface area contributed by atoms with Crippen LogP contribution in [0.25, 0.3) is 0 Å². The summed E-state index contributed by atoms with van der Waals surface area (Å²) in [5.74, 6) is 1.07. The standard InChI is InChI=1S/C11H16N2O/c1-13-6-5-12-11(13)8-9-3-2-4-10(14)7-9/h5-7,10,14H,2-4,8H2,1H3. The summed E-state index contributed by atoms with van der Waals surface area (Å²) in [4.78, 5) is 4.28. The first-order valence-electron chi connectivity index (χ1n) is 5.09. The molecule has 1 heterocycles. The first kappa shape index (κ1) is 9.46. The fourth-order valence-electron chi connectivity index (χ4n) is 1.89. The van der Waals surface area contributed by atoms with Crippen LogP contribution in [-0.2, 0) is 13.5 Å². The summed E-state index contributed by atoms with van der Waals surface area (Å²) in [5.41, 5.74) is 1.32. The minimum atomic E-state index is -0.237. The van der Waals surface area contributed by atoms with Crippen molar-refractivity contribution in [3.05, 3.63) is 29.9 Å². The van der Waals surface area contributed by atoms with Gasteiger partial charge < -0.3 is 9.67 Å². The molecule has 1 aliphatic rings. The van der Waals surface area contributed by atoms with E-state index in [9.17, 15) is 5.11 Å². The predicted octanol–water partition coefficient (Wildman–Crippen LogP) is 1.43. The van der Waals surface area contributed by atoms with Gasteiger partial charge in [0.15, 0.2) is 0 Å². The van der Waals surface area contributed by atoms with E-state index in [4.69, 9.17) is 0 Å². The minimum absolute atomic E-state index is 0.237. The van der Waals surface area contributed by atoms with Crippen LogP contribution < -0.4 is 0 Å². The Hall–Kier alpha value is -1.09. The highest BCUT2D eigenvalue weighted by molar-refractivity contribution is 5.14. The van der Waals surface area contributed by atoms with Gasteiger partial charge in [0, 0.05) is 25.9 Å². The maximum absolute atomic E-state index is 9.47. The first-order valence-corrected chi connectivity index (χ1v) is 5.09. The number of aliphatic hydroxyl groups is 1. The van der Waals surface area contributed by atoms with Gasteiger partial charge in [0.05, 0.1) is 6.10 Å². The highest BCUT2D eigenvalue weighted by Gasteiger charge is 2.12. The summed E-state index contributed by atoms with van der Waals surface area (Å²) in [6.07, 6.45) is 9.49. The van der Waals surface area contributed by atoms with E-state index in [0.717, 1.165) is 31.5 Å². The monoisotopic (exact) mass is 192 g/mol. The molecule has 3 heteroatoms. The zero-order valence-electron chi connectivity index (χ0n) is 8.48. The van der Waals surface area contributed by atoms with Crippen molar-refractivity contribution in [3.8, 4) is 0 Å². The number of aryl methyl sites for hydroxylation is 1. The number of aliphatic hydroxyl groups excluding tert-OH is 1. The summed E-state index contributed by atoms with van der Waals surface area (Å²) in [6, 6.07) is 0. The lowest BCUT2D eigenvalue weighted by molar-refractivity contribution is 0.201. The molecule has 1 unspecified atom stereocenters. The SMILES string of the molecule is Cn1ccnc1CC1=CC(O)CCC1. The van der Waals surface area contributed by atoms with Crippen LogP contribution in [0.2, 0.25) is 0 Å². The molecule has 1 atom stereocenters. The van der Waals surface area contributed by atoms with Crippen molar-refractivity contribution in [2.24, 2.45) is 7.05 Å². The zero-order chi connectivity index (χ0) is 9.97. The van der Waals surface area contributed by atoms with Crippen LogP contribution in [0.5, 0.6) is 0 Å². The Labute approximate surface area is 84.1 Å². The summed E-state index contributed by atoms with van der Waals surface area (Å²) in [6.45, 7) is 0. The van der Waals surface area contributed by atoms with Crippen molar-refractivity contribution in [1.82, 2.24) is 9.55 Å². The molecular formula is C11H16N2O. The molecule has 1 aromatic rings. The minimum Gasteiger partial charge on any atom is -0.389 e. The van der Waals surface area contributed by atoms with E-state index < -0.39 is 0 Å². The molecule has 0 aliphatic heterocycles. The molecule has 2 rings (SSSR count). The first-order chi connectivity index (χ1) is 6.75. The Bertz CT molecular complexity index is 341. The van der Waals surface area contributed by atoms with Crippen molar-refractivity contribution in [3.63, 3.8) is 0 Å². The van der Waals surface area contributed by atoms with Crippen LogP contribution in [-0.4, -0.2) is 20.8 Å². The van der Waals surface area contributed by atoms with Gasteiger partial charge in [0.25, 0.3) is 0 Å². The number of rotatable bonds is 2. The molecule has 0 bridgehead atoms. The molecule has 14 heavy (non-hydrogen) atoms. The largest absolute Gasteiger partial charge is 0.389 e. The van der Waals surface area contributed by atoms with Crippen LogP contribution in [0.1, 0.15) is 25.1 Å². The third-order valence-electron chi connectivity index (χ3n) is 2.73. The van der Waals surface area contributed by atoms with Crippen LogP contribution in [0.15, 0.2) is 24.0 Å². The fraction of sp³-hybridized carbons (Fsp3) is 0.545. The molecular weight excluding hydrogens is 176 g/mol. The second kappa shape index (κ2) is 3.96. The summed E-state index contributed by atoms with van der Waals surface area (Å²) < 4.78 is 2.03. The number of allylic oxidation sites excluding steroid dienone is 1. The number of nitrogens with zero attached hydrogens (tertiary/aromatic N) is 2. The third kappa shape index (κ3) is 2.04. The van der Waals surface area contributed by atoms with Crippen molar-refractivity contribution >= 4 is 0 Å². The molecule has 0 radical (unpaired) electrons. The lowest BCUT2D eigenvalue weighted by atomic mass is 9.95.